The number of benzene rings is 2. The van der Waals surface area contributed by atoms with Gasteiger partial charge in [0, 0.05) is 62.0 Å². The van der Waals surface area contributed by atoms with E-state index in [9.17, 15) is 4.79 Å². The van der Waals surface area contributed by atoms with E-state index in [1.165, 1.54) is 0 Å². The quantitative estimate of drug-likeness (QED) is 0.339. The van der Waals surface area contributed by atoms with Crippen molar-refractivity contribution in [2.24, 2.45) is 0 Å². The Morgan fingerprint density at radius 2 is 1.80 bits per heavy atom. The molecule has 10 nitrogen and oxygen atoms in total. The number of halogens is 1. The Kier molecular flexibility index (Phi) is 9.56. The van der Waals surface area contributed by atoms with Gasteiger partial charge in [-0.15, -0.1) is 0 Å². The number of amides is 1. The molecule has 2 aliphatic heterocycles. The Hall–Kier alpha value is -3.15. The first kappa shape index (κ1) is 28.4. The third-order valence-corrected chi connectivity index (χ3v) is 7.41. The molecule has 2 aliphatic rings. The van der Waals surface area contributed by atoms with Crippen molar-refractivity contribution in [2.45, 2.75) is 25.0 Å². The molecule has 2 fully saturated rings. The maximum Gasteiger partial charge on any atom is 0.409 e. The lowest BCUT2D eigenvalue weighted by Gasteiger charge is -2.40. The topological polar surface area (TPSA) is 87.5 Å². The Bertz CT molecular complexity index is 1210. The molecule has 2 aromatic carbocycles. The van der Waals surface area contributed by atoms with Crippen LogP contribution in [0.1, 0.15) is 11.1 Å². The summed E-state index contributed by atoms with van der Waals surface area (Å²) in [5.74, 6) is -1.02. The van der Waals surface area contributed by atoms with Gasteiger partial charge in [0.15, 0.2) is 0 Å². The highest BCUT2D eigenvalue weighted by Gasteiger charge is 2.41. The highest BCUT2D eigenvalue weighted by atomic mass is 35.5. The summed E-state index contributed by atoms with van der Waals surface area (Å²) in [5.41, 5.74) is 2.96. The van der Waals surface area contributed by atoms with Crippen molar-refractivity contribution in [3.63, 3.8) is 0 Å². The number of methoxy groups -OCH3 is 1. The number of carbonyl (C=O) groups is 1. The molecule has 0 N–H and O–H groups in total. The fourth-order valence-electron chi connectivity index (χ4n) is 4.83. The molecule has 1 aromatic heterocycles. The largest absolute Gasteiger partial charge is 0.447 e. The van der Waals surface area contributed by atoms with Crippen molar-refractivity contribution in [2.75, 3.05) is 64.6 Å². The first-order valence-electron chi connectivity index (χ1n) is 13.4. The number of rotatable bonds is 10. The van der Waals surface area contributed by atoms with Crippen molar-refractivity contribution in [1.29, 1.82) is 0 Å². The van der Waals surface area contributed by atoms with Gasteiger partial charge in [0.05, 0.1) is 39.3 Å². The third-order valence-electron chi connectivity index (χ3n) is 7.08. The van der Waals surface area contributed by atoms with E-state index in [2.05, 4.69) is 34.1 Å². The van der Waals surface area contributed by atoms with Crippen molar-refractivity contribution in [3.8, 4) is 0 Å². The van der Waals surface area contributed by atoms with Crippen molar-refractivity contribution in [1.82, 2.24) is 14.5 Å². The van der Waals surface area contributed by atoms with E-state index < -0.39 is 5.79 Å². The number of nitrogens with zero attached hydrogens (tertiary/aromatic N) is 4. The van der Waals surface area contributed by atoms with E-state index >= 15 is 0 Å². The van der Waals surface area contributed by atoms with Gasteiger partial charge in [-0.1, -0.05) is 41.9 Å². The minimum atomic E-state index is -1.02. The molecule has 3 heterocycles. The first-order chi connectivity index (χ1) is 19.6. The molecule has 0 atom stereocenters. The van der Waals surface area contributed by atoms with E-state index in [1.807, 2.05) is 35.0 Å². The summed E-state index contributed by atoms with van der Waals surface area (Å²) in [5, 5.41) is 0.588. The Morgan fingerprint density at radius 1 is 1.05 bits per heavy atom. The van der Waals surface area contributed by atoms with Gasteiger partial charge < -0.3 is 38.1 Å². The fourth-order valence-corrected chi connectivity index (χ4v) is 5.11. The maximum atomic E-state index is 12.1. The van der Waals surface area contributed by atoms with E-state index in [0.29, 0.717) is 51.1 Å². The van der Waals surface area contributed by atoms with Crippen LogP contribution in [0.4, 0.5) is 10.5 Å². The lowest BCUT2D eigenvalue weighted by molar-refractivity contribution is -0.313. The fraction of sp³-hybridized carbons (Fsp3) is 0.448. The van der Waals surface area contributed by atoms with Crippen molar-refractivity contribution >= 4 is 23.4 Å². The van der Waals surface area contributed by atoms with Crippen LogP contribution in [0.3, 0.4) is 0 Å². The number of aromatic nitrogens is 2. The average Bonchev–Trinajstić information content (AvgIpc) is 3.50. The number of hydrogen-bond acceptors (Lipinski definition) is 8. The number of piperazine rings is 1. The Balaban J connectivity index is 1.11. The SMILES string of the molecule is COCCOC(=O)N1CCN(c2ccc(CO[C@H]3CO[C@](Cn4ccnc4)(c4ccccc4Cl)OC3)cc2)CC1. The molecule has 5 rings (SSSR count). The summed E-state index contributed by atoms with van der Waals surface area (Å²) < 4.78 is 30.9. The molecule has 11 heteroatoms. The van der Waals surface area contributed by atoms with E-state index in [-0.39, 0.29) is 18.8 Å². The average molecular weight is 571 g/mol. The molecule has 0 radical (unpaired) electrons. The molecule has 1 amide bonds. The molecule has 214 valence electrons. The molecule has 0 spiro atoms. The first-order valence-corrected chi connectivity index (χ1v) is 13.8. The van der Waals surface area contributed by atoms with Gasteiger partial charge >= 0.3 is 6.09 Å². The van der Waals surface area contributed by atoms with Crippen LogP contribution in [-0.2, 0) is 42.6 Å². The van der Waals surface area contributed by atoms with Crippen LogP contribution in [0.25, 0.3) is 0 Å². The second-order valence-corrected chi connectivity index (χ2v) is 10.2. The summed E-state index contributed by atoms with van der Waals surface area (Å²) in [7, 11) is 1.58. The molecule has 40 heavy (non-hydrogen) atoms. The molecule has 0 aliphatic carbocycles. The summed E-state index contributed by atoms with van der Waals surface area (Å²) in [6.45, 7) is 5.02. The molecule has 2 saturated heterocycles. The predicted molar refractivity (Wildman–Crippen MR) is 149 cm³/mol. The summed E-state index contributed by atoms with van der Waals surface area (Å²) in [6.07, 6.45) is 4.83. The number of anilines is 1. The van der Waals surface area contributed by atoms with Crippen LogP contribution in [0.2, 0.25) is 5.02 Å². The zero-order chi connectivity index (χ0) is 27.8. The van der Waals surface area contributed by atoms with Crippen LogP contribution in [0, 0.1) is 0 Å². The molecule has 3 aromatic rings. The number of ether oxygens (including phenoxy) is 5. The van der Waals surface area contributed by atoms with Crippen LogP contribution >= 0.6 is 11.6 Å². The van der Waals surface area contributed by atoms with Gasteiger partial charge in [-0.25, -0.2) is 9.78 Å². The smallest absolute Gasteiger partial charge is 0.409 e. The number of carbonyl (C=O) groups excluding carboxylic acids is 1. The number of imidazole rings is 1. The summed E-state index contributed by atoms with van der Waals surface area (Å²) >= 11 is 6.53. The van der Waals surface area contributed by atoms with E-state index in [0.717, 1.165) is 29.9 Å². The Labute approximate surface area is 239 Å². The van der Waals surface area contributed by atoms with Crippen molar-refractivity contribution < 1.29 is 28.5 Å². The lowest BCUT2D eigenvalue weighted by Crippen LogP contribution is -2.49. The number of hydrogen-bond donors (Lipinski definition) is 0. The molecule has 0 saturated carbocycles. The standard InChI is InChI=1S/C29H35ClN4O6/c1-36-16-17-37-28(35)34-14-12-33(13-15-34)24-8-6-23(7-9-24)18-38-25-19-39-29(40-20-25,21-32-11-10-31-22-32)26-4-2-3-5-27(26)30/h2-11,22,25H,12-21H2,1H3/t25-,29-. The van der Waals surface area contributed by atoms with Crippen molar-refractivity contribution in [3.05, 3.63) is 83.4 Å². The van der Waals surface area contributed by atoms with Gasteiger partial charge in [-0.2, -0.15) is 0 Å². The molecule has 0 bridgehead atoms. The normalized spacial score (nSPS) is 21.4. The highest BCUT2D eigenvalue weighted by Crippen LogP contribution is 2.37. The minimum absolute atomic E-state index is 0.213. The monoisotopic (exact) mass is 570 g/mol. The second kappa shape index (κ2) is 13.5. The van der Waals surface area contributed by atoms with Gasteiger partial charge in [-0.05, 0) is 23.8 Å². The molecular weight excluding hydrogens is 536 g/mol. The Morgan fingerprint density at radius 3 is 2.48 bits per heavy atom. The van der Waals surface area contributed by atoms with Crippen LogP contribution in [0.5, 0.6) is 0 Å². The zero-order valence-corrected chi connectivity index (χ0v) is 23.4. The predicted octanol–water partition coefficient (Wildman–Crippen LogP) is 3.93. The van der Waals surface area contributed by atoms with Gasteiger partial charge in [0.1, 0.15) is 12.7 Å². The third kappa shape index (κ3) is 6.94. The summed E-state index contributed by atoms with van der Waals surface area (Å²) in [6, 6.07) is 15.9. The second-order valence-electron chi connectivity index (χ2n) is 9.77. The van der Waals surface area contributed by atoms with Crippen LogP contribution in [0.15, 0.2) is 67.3 Å². The highest BCUT2D eigenvalue weighted by molar-refractivity contribution is 6.31. The van der Waals surface area contributed by atoms with E-state index in [1.54, 1.807) is 24.5 Å². The van der Waals surface area contributed by atoms with Gasteiger partial charge in [-0.3, -0.25) is 0 Å². The van der Waals surface area contributed by atoms with Crippen LogP contribution < -0.4 is 4.90 Å². The van der Waals surface area contributed by atoms with Gasteiger partial charge in [0.2, 0.25) is 5.79 Å². The zero-order valence-electron chi connectivity index (χ0n) is 22.6. The minimum Gasteiger partial charge on any atom is -0.447 e. The molecular formula is C29H35ClN4O6. The van der Waals surface area contributed by atoms with Gasteiger partial charge in [0.25, 0.3) is 0 Å². The summed E-state index contributed by atoms with van der Waals surface area (Å²) in [4.78, 5) is 20.3. The van der Waals surface area contributed by atoms with E-state index in [4.69, 9.17) is 35.3 Å². The lowest BCUT2D eigenvalue weighted by atomic mass is 10.0. The maximum absolute atomic E-state index is 12.1. The van der Waals surface area contributed by atoms with Crippen LogP contribution in [-0.4, -0.2) is 86.4 Å². The molecule has 0 unspecified atom stereocenters.